The molecule has 0 spiro atoms. The molecule has 0 aliphatic rings. The Bertz CT molecular complexity index is 3270. The maximum atomic E-state index is 5.47. The van der Waals surface area contributed by atoms with Gasteiger partial charge in [-0.2, -0.15) is 0 Å². The second-order valence-electron chi connectivity index (χ2n) is 15.2. The van der Waals surface area contributed by atoms with E-state index < -0.39 is 0 Å². The zero-order valence-corrected chi connectivity index (χ0v) is 34.1. The molecule has 3 nitrogen and oxygen atoms in total. The molecule has 10 aromatic carbocycles. The second kappa shape index (κ2) is 15.8. The van der Waals surface area contributed by atoms with E-state index in [2.05, 4.69) is 246 Å². The zero-order valence-electron chi connectivity index (χ0n) is 33.3. The Kier molecular flexibility index (Phi) is 9.38. The first-order valence-electron chi connectivity index (χ1n) is 20.6. The van der Waals surface area contributed by atoms with Gasteiger partial charge in [0.2, 0.25) is 0 Å². The van der Waals surface area contributed by atoms with Crippen LogP contribution in [0.25, 0.3) is 64.6 Å². The molecule has 0 fully saturated rings. The van der Waals surface area contributed by atoms with Crippen molar-refractivity contribution >= 4 is 77.2 Å². The van der Waals surface area contributed by atoms with E-state index >= 15 is 0 Å². The van der Waals surface area contributed by atoms with Gasteiger partial charge in [0.05, 0.1) is 10.2 Å². The van der Waals surface area contributed by atoms with Crippen LogP contribution in [0.5, 0.6) is 0 Å². The monoisotopic (exact) mass is 797 g/mol. The third-order valence-electron chi connectivity index (χ3n) is 11.4. The van der Waals surface area contributed by atoms with Crippen molar-refractivity contribution in [2.75, 3.05) is 9.80 Å². The molecule has 1 heterocycles. The SMILES string of the molecule is c1ccc(-c2cccc(-c3cccc(N(c4ccccc4)c4cccc(-c5nc6c7ccc(N(c8ccccc8)c8ccccc8)cc7c7ccccc7c6s5)c4)c3)c2)cc1. The summed E-state index contributed by atoms with van der Waals surface area (Å²) in [5.74, 6) is 0. The van der Waals surface area contributed by atoms with Gasteiger partial charge in [0.25, 0.3) is 0 Å². The first-order chi connectivity index (χ1) is 30.2. The van der Waals surface area contributed by atoms with Gasteiger partial charge in [0, 0.05) is 50.5 Å². The van der Waals surface area contributed by atoms with Crippen LogP contribution in [0.2, 0.25) is 0 Å². The fraction of sp³-hybridized carbons (Fsp3) is 0. The maximum Gasteiger partial charge on any atom is 0.124 e. The smallest absolute Gasteiger partial charge is 0.124 e. The first kappa shape index (κ1) is 36.3. The third kappa shape index (κ3) is 6.89. The Balaban J connectivity index is 1.02. The molecule has 0 unspecified atom stereocenters. The topological polar surface area (TPSA) is 19.4 Å². The van der Waals surface area contributed by atoms with Crippen LogP contribution in [-0.2, 0) is 0 Å². The summed E-state index contributed by atoms with van der Waals surface area (Å²) < 4.78 is 1.20. The molecule has 61 heavy (non-hydrogen) atoms. The van der Waals surface area contributed by atoms with Crippen molar-refractivity contribution < 1.29 is 0 Å². The molecule has 0 aliphatic carbocycles. The Morgan fingerprint density at radius 3 is 1.33 bits per heavy atom. The molecule has 0 aliphatic heterocycles. The molecule has 0 atom stereocenters. The normalized spacial score (nSPS) is 11.3. The molecule has 0 N–H and O–H groups in total. The van der Waals surface area contributed by atoms with Crippen molar-refractivity contribution in [1.82, 2.24) is 4.98 Å². The van der Waals surface area contributed by atoms with Crippen LogP contribution < -0.4 is 9.80 Å². The van der Waals surface area contributed by atoms with Crippen LogP contribution in [0.4, 0.5) is 34.1 Å². The van der Waals surface area contributed by atoms with Gasteiger partial charge < -0.3 is 9.80 Å². The molecule has 0 saturated carbocycles. The van der Waals surface area contributed by atoms with E-state index in [9.17, 15) is 0 Å². The number of aromatic nitrogens is 1. The average Bonchev–Trinajstić information content (AvgIpc) is 3.80. The van der Waals surface area contributed by atoms with Gasteiger partial charge in [-0.1, -0.05) is 158 Å². The van der Waals surface area contributed by atoms with Crippen LogP contribution >= 0.6 is 11.3 Å². The van der Waals surface area contributed by atoms with E-state index in [0.29, 0.717) is 0 Å². The molecule has 0 amide bonds. The molecular weight excluding hydrogens is 759 g/mol. The Morgan fingerprint density at radius 1 is 0.279 bits per heavy atom. The number of nitrogens with zero attached hydrogens (tertiary/aromatic N) is 3. The van der Waals surface area contributed by atoms with E-state index in [1.807, 2.05) is 0 Å². The van der Waals surface area contributed by atoms with Gasteiger partial charge in [-0.3, -0.25) is 0 Å². The lowest BCUT2D eigenvalue weighted by Gasteiger charge is -2.26. The number of para-hydroxylation sites is 3. The summed E-state index contributed by atoms with van der Waals surface area (Å²) in [5.41, 5.74) is 13.4. The molecule has 0 saturated heterocycles. The lowest BCUT2D eigenvalue weighted by molar-refractivity contribution is 1.28. The molecule has 1 aromatic heterocycles. The standard InChI is InChI=1S/C57H39N3S/c1-5-18-40(19-6-1)41-20-15-21-42(36-41)43-22-16-30-48(37-43)60(47-28-11-4-12-29-47)49-31-17-23-44(38-49)57-58-55-52-35-34-50(39-54(52)51-32-13-14-33-53(51)56(55)61-57)59(45-24-7-2-8-25-45)46-26-9-3-10-27-46/h1-39H. The molecule has 11 aromatic rings. The van der Waals surface area contributed by atoms with Gasteiger partial charge in [-0.05, 0) is 112 Å². The third-order valence-corrected chi connectivity index (χ3v) is 12.5. The van der Waals surface area contributed by atoms with Crippen molar-refractivity contribution in [3.05, 3.63) is 237 Å². The van der Waals surface area contributed by atoms with E-state index in [4.69, 9.17) is 4.98 Å². The van der Waals surface area contributed by atoms with Gasteiger partial charge >= 0.3 is 0 Å². The predicted octanol–water partition coefficient (Wildman–Crippen LogP) is 16.5. The number of fused-ring (bicyclic) bond motifs is 6. The average molecular weight is 798 g/mol. The highest BCUT2D eigenvalue weighted by atomic mass is 32.1. The zero-order chi connectivity index (χ0) is 40.5. The number of anilines is 6. The fourth-order valence-corrected chi connectivity index (χ4v) is 9.68. The van der Waals surface area contributed by atoms with Crippen molar-refractivity contribution in [3.8, 4) is 32.8 Å². The summed E-state index contributed by atoms with van der Waals surface area (Å²) in [6, 6.07) is 84.5. The van der Waals surface area contributed by atoms with E-state index in [1.165, 1.54) is 37.5 Å². The van der Waals surface area contributed by atoms with E-state index in [-0.39, 0.29) is 0 Å². The first-order valence-corrected chi connectivity index (χ1v) is 21.4. The summed E-state index contributed by atoms with van der Waals surface area (Å²) in [6.07, 6.45) is 0. The van der Waals surface area contributed by atoms with Crippen molar-refractivity contribution in [3.63, 3.8) is 0 Å². The molecular formula is C57H39N3S. The van der Waals surface area contributed by atoms with Crippen LogP contribution in [0, 0.1) is 0 Å². The summed E-state index contributed by atoms with van der Waals surface area (Å²) in [6.45, 7) is 0. The van der Waals surface area contributed by atoms with Crippen LogP contribution in [-0.4, -0.2) is 4.98 Å². The lowest BCUT2D eigenvalue weighted by Crippen LogP contribution is -2.10. The highest BCUT2D eigenvalue weighted by molar-refractivity contribution is 7.22. The summed E-state index contributed by atoms with van der Waals surface area (Å²) >= 11 is 1.77. The molecule has 288 valence electrons. The van der Waals surface area contributed by atoms with E-state index in [1.54, 1.807) is 11.3 Å². The molecule has 0 radical (unpaired) electrons. The van der Waals surface area contributed by atoms with Crippen LogP contribution in [0.15, 0.2) is 237 Å². The number of thiazole rings is 1. The highest BCUT2D eigenvalue weighted by Crippen LogP contribution is 2.45. The largest absolute Gasteiger partial charge is 0.310 e. The summed E-state index contributed by atoms with van der Waals surface area (Å²) in [7, 11) is 0. The molecule has 11 rings (SSSR count). The van der Waals surface area contributed by atoms with Crippen molar-refractivity contribution in [1.29, 1.82) is 0 Å². The molecule has 4 heteroatoms. The van der Waals surface area contributed by atoms with Crippen LogP contribution in [0.1, 0.15) is 0 Å². The number of rotatable bonds is 9. The second-order valence-corrected chi connectivity index (χ2v) is 16.2. The van der Waals surface area contributed by atoms with Gasteiger partial charge in [-0.15, -0.1) is 11.3 Å². The molecule has 0 bridgehead atoms. The Hall–Kier alpha value is -7.79. The predicted molar refractivity (Wildman–Crippen MR) is 260 cm³/mol. The number of benzene rings is 10. The number of hydrogen-bond acceptors (Lipinski definition) is 4. The summed E-state index contributed by atoms with van der Waals surface area (Å²) in [5, 5.41) is 5.77. The van der Waals surface area contributed by atoms with Gasteiger partial charge in [0.1, 0.15) is 5.01 Å². The Labute approximate surface area is 359 Å². The quantitative estimate of drug-likeness (QED) is 0.136. The number of hydrogen-bond donors (Lipinski definition) is 0. The lowest BCUT2D eigenvalue weighted by atomic mass is 9.98. The minimum absolute atomic E-state index is 0.994. The van der Waals surface area contributed by atoms with Crippen molar-refractivity contribution in [2.45, 2.75) is 0 Å². The van der Waals surface area contributed by atoms with Gasteiger partial charge in [0.15, 0.2) is 0 Å². The van der Waals surface area contributed by atoms with Crippen molar-refractivity contribution in [2.24, 2.45) is 0 Å². The van der Waals surface area contributed by atoms with Crippen LogP contribution in [0.3, 0.4) is 0 Å². The maximum absolute atomic E-state index is 5.47. The van der Waals surface area contributed by atoms with E-state index in [0.717, 1.165) is 61.2 Å². The Morgan fingerprint density at radius 2 is 0.705 bits per heavy atom. The minimum Gasteiger partial charge on any atom is -0.310 e. The fourth-order valence-electron chi connectivity index (χ4n) is 8.56. The highest BCUT2D eigenvalue weighted by Gasteiger charge is 2.20. The minimum atomic E-state index is 0.994. The summed E-state index contributed by atoms with van der Waals surface area (Å²) in [4.78, 5) is 10.1. The van der Waals surface area contributed by atoms with Gasteiger partial charge in [-0.25, -0.2) is 4.98 Å².